The number of hydrogen-bond acceptors (Lipinski definition) is 7. The van der Waals surface area contributed by atoms with Crippen LogP contribution in [0.25, 0.3) is 0 Å². The number of amides is 2. The van der Waals surface area contributed by atoms with Crippen LogP contribution in [0.4, 0.5) is 4.79 Å². The number of rotatable bonds is 6. The van der Waals surface area contributed by atoms with Gasteiger partial charge in [0.15, 0.2) is 6.73 Å². The average Bonchev–Trinajstić information content (AvgIpc) is 2.50. The Labute approximate surface area is 131 Å². The maximum atomic E-state index is 12.3. The summed E-state index contributed by atoms with van der Waals surface area (Å²) in [5.74, 6) is 0.152. The Bertz CT molecular complexity index is 620. The third-order valence-corrected chi connectivity index (χ3v) is 2.93. The van der Waals surface area contributed by atoms with Gasteiger partial charge in [0.25, 0.3) is 11.0 Å². The summed E-state index contributed by atoms with van der Waals surface area (Å²) in [6, 6.07) is 4.41. The van der Waals surface area contributed by atoms with Gasteiger partial charge >= 0.3 is 6.09 Å². The molecule has 10 heteroatoms. The highest BCUT2D eigenvalue weighted by atomic mass is 16.9. The van der Waals surface area contributed by atoms with Gasteiger partial charge in [-0.05, 0) is 25.1 Å². The number of benzene rings is 1. The second kappa shape index (κ2) is 7.29. The van der Waals surface area contributed by atoms with Crippen LogP contribution in [0.2, 0.25) is 0 Å². The molecular formula is C13H15N3O7. The third-order valence-electron chi connectivity index (χ3n) is 2.93. The van der Waals surface area contributed by atoms with Crippen LogP contribution in [0.15, 0.2) is 18.2 Å². The number of fused-ring (bicyclic) bond motifs is 1. The molecular weight excluding hydrogens is 310 g/mol. The van der Waals surface area contributed by atoms with Crippen molar-refractivity contribution in [3.8, 4) is 11.5 Å². The molecule has 0 spiro atoms. The summed E-state index contributed by atoms with van der Waals surface area (Å²) in [5, 5.41) is 11.7. The summed E-state index contributed by atoms with van der Waals surface area (Å²) < 4.78 is 10.4. The number of hydrogen-bond donors (Lipinski definition) is 1. The van der Waals surface area contributed by atoms with Crippen molar-refractivity contribution in [1.29, 1.82) is 0 Å². The van der Waals surface area contributed by atoms with Crippen LogP contribution in [-0.2, 0) is 4.84 Å². The number of ether oxygens (including phenoxy) is 2. The number of nitrogens with one attached hydrogen (secondary N) is 1. The summed E-state index contributed by atoms with van der Waals surface area (Å²) in [7, 11) is 0. The molecule has 2 amide bonds. The van der Waals surface area contributed by atoms with Gasteiger partial charge in [-0.2, -0.15) is 0 Å². The summed E-state index contributed by atoms with van der Waals surface area (Å²) in [6.07, 6.45) is -0.632. The van der Waals surface area contributed by atoms with Gasteiger partial charge in [-0.1, -0.05) is 0 Å². The van der Waals surface area contributed by atoms with Crippen LogP contribution in [-0.4, -0.2) is 48.4 Å². The Morgan fingerprint density at radius 2 is 2.30 bits per heavy atom. The summed E-state index contributed by atoms with van der Waals surface area (Å²) in [5.41, 5.74) is 0.208. The standard InChI is InChI=1S/C13H15N3O7/c1-2-14-13(18)23-9-3-4-11-10(7-9)12(17)15(8-21-11)5-6-22-16(19)20/h3-4,7H,2,5-6,8H2,1H3,(H,14,18). The van der Waals surface area contributed by atoms with E-state index < -0.39 is 11.2 Å². The number of carbonyl (C=O) groups excluding carboxylic acids is 2. The minimum atomic E-state index is -0.929. The van der Waals surface area contributed by atoms with Gasteiger partial charge in [0, 0.05) is 13.1 Å². The van der Waals surface area contributed by atoms with Crippen LogP contribution in [0.1, 0.15) is 17.3 Å². The van der Waals surface area contributed by atoms with Crippen LogP contribution >= 0.6 is 0 Å². The first-order valence-corrected chi connectivity index (χ1v) is 6.80. The highest BCUT2D eigenvalue weighted by Gasteiger charge is 2.26. The molecule has 1 aliphatic heterocycles. The fraction of sp³-hybridized carbons (Fsp3) is 0.385. The van der Waals surface area contributed by atoms with E-state index in [1.54, 1.807) is 6.92 Å². The molecule has 0 aromatic heterocycles. The van der Waals surface area contributed by atoms with Crippen LogP contribution in [0.3, 0.4) is 0 Å². The maximum absolute atomic E-state index is 12.3. The Kier molecular flexibility index (Phi) is 5.18. The first-order chi connectivity index (χ1) is 11.0. The zero-order chi connectivity index (χ0) is 16.8. The first-order valence-electron chi connectivity index (χ1n) is 6.80. The lowest BCUT2D eigenvalue weighted by atomic mass is 10.1. The molecule has 0 aliphatic carbocycles. The summed E-state index contributed by atoms with van der Waals surface area (Å²) in [4.78, 5) is 39.3. The molecule has 0 saturated heterocycles. The van der Waals surface area contributed by atoms with Gasteiger partial charge in [-0.15, -0.1) is 10.1 Å². The lowest BCUT2D eigenvalue weighted by Gasteiger charge is -2.28. The summed E-state index contributed by atoms with van der Waals surface area (Å²) >= 11 is 0. The van der Waals surface area contributed by atoms with Crippen LogP contribution in [0, 0.1) is 10.1 Å². The van der Waals surface area contributed by atoms with E-state index >= 15 is 0 Å². The SMILES string of the molecule is CCNC(=O)Oc1ccc2c(c1)C(=O)N(CCO[N+](=O)[O-])CO2. The van der Waals surface area contributed by atoms with Crippen molar-refractivity contribution in [2.24, 2.45) is 0 Å². The molecule has 1 aliphatic rings. The summed E-state index contributed by atoms with van der Waals surface area (Å²) in [6.45, 7) is 1.86. The van der Waals surface area contributed by atoms with Gasteiger partial charge in [0.05, 0.1) is 5.56 Å². The van der Waals surface area contributed by atoms with Gasteiger partial charge < -0.3 is 24.5 Å². The number of carbonyl (C=O) groups is 2. The third kappa shape index (κ3) is 4.22. The Hall–Kier alpha value is -3.04. The predicted molar refractivity (Wildman–Crippen MR) is 75.6 cm³/mol. The van der Waals surface area contributed by atoms with Crippen molar-refractivity contribution in [2.45, 2.75) is 6.92 Å². The molecule has 0 unspecified atom stereocenters. The topological polar surface area (TPSA) is 120 Å². The molecule has 0 atom stereocenters. The molecule has 1 N–H and O–H groups in total. The van der Waals surface area contributed by atoms with Crippen LogP contribution < -0.4 is 14.8 Å². The fourth-order valence-electron chi connectivity index (χ4n) is 1.92. The van der Waals surface area contributed by atoms with E-state index in [1.807, 2.05) is 0 Å². The molecule has 1 heterocycles. The molecule has 0 fully saturated rings. The van der Waals surface area contributed by atoms with Gasteiger partial charge in [-0.25, -0.2) is 4.79 Å². The van der Waals surface area contributed by atoms with Gasteiger partial charge in [0.1, 0.15) is 18.1 Å². The fourth-order valence-corrected chi connectivity index (χ4v) is 1.92. The smallest absolute Gasteiger partial charge is 0.412 e. The van der Waals surface area contributed by atoms with Crippen molar-refractivity contribution >= 4 is 12.0 Å². The minimum absolute atomic E-state index is 0.000654. The zero-order valence-electron chi connectivity index (χ0n) is 12.3. The molecule has 1 aromatic rings. The first kappa shape index (κ1) is 16.3. The second-order valence-corrected chi connectivity index (χ2v) is 4.48. The van der Waals surface area contributed by atoms with E-state index in [-0.39, 0.29) is 37.1 Å². The Balaban J connectivity index is 2.06. The van der Waals surface area contributed by atoms with Crippen LogP contribution in [0.5, 0.6) is 11.5 Å². The van der Waals surface area contributed by atoms with Crippen molar-refractivity contribution in [3.63, 3.8) is 0 Å². The van der Waals surface area contributed by atoms with Crippen molar-refractivity contribution in [3.05, 3.63) is 33.9 Å². The van der Waals surface area contributed by atoms with Crippen molar-refractivity contribution in [2.75, 3.05) is 26.4 Å². The number of nitrogens with zero attached hydrogens (tertiary/aromatic N) is 2. The molecule has 0 radical (unpaired) electrons. The molecule has 1 aromatic carbocycles. The molecule has 124 valence electrons. The monoisotopic (exact) mass is 325 g/mol. The molecule has 0 bridgehead atoms. The van der Waals surface area contributed by atoms with Crippen molar-refractivity contribution in [1.82, 2.24) is 10.2 Å². The quantitative estimate of drug-likeness (QED) is 0.606. The highest BCUT2D eigenvalue weighted by Crippen LogP contribution is 2.28. The second-order valence-electron chi connectivity index (χ2n) is 4.48. The van der Waals surface area contributed by atoms with Gasteiger partial charge in [0.2, 0.25) is 0 Å². The molecule has 2 rings (SSSR count). The van der Waals surface area contributed by atoms with E-state index in [2.05, 4.69) is 10.2 Å². The predicted octanol–water partition coefficient (Wildman–Crippen LogP) is 0.795. The van der Waals surface area contributed by atoms with Gasteiger partial charge in [-0.3, -0.25) is 4.79 Å². The Morgan fingerprint density at radius 1 is 1.52 bits per heavy atom. The van der Waals surface area contributed by atoms with Crippen molar-refractivity contribution < 1.29 is 29.0 Å². The molecule has 0 saturated carbocycles. The lowest BCUT2D eigenvalue weighted by molar-refractivity contribution is -0.757. The maximum Gasteiger partial charge on any atom is 0.412 e. The molecule has 10 nitrogen and oxygen atoms in total. The zero-order valence-corrected chi connectivity index (χ0v) is 12.3. The average molecular weight is 325 g/mol. The largest absolute Gasteiger partial charge is 0.472 e. The molecule has 23 heavy (non-hydrogen) atoms. The highest BCUT2D eigenvalue weighted by molar-refractivity contribution is 5.98. The minimum Gasteiger partial charge on any atom is -0.472 e. The van der Waals surface area contributed by atoms with E-state index in [1.165, 1.54) is 23.1 Å². The lowest BCUT2D eigenvalue weighted by Crippen LogP contribution is -2.40. The normalized spacial score (nSPS) is 12.9. The van der Waals surface area contributed by atoms with E-state index in [0.29, 0.717) is 12.3 Å². The van der Waals surface area contributed by atoms with E-state index in [0.717, 1.165) is 0 Å². The van der Waals surface area contributed by atoms with E-state index in [4.69, 9.17) is 9.47 Å². The van der Waals surface area contributed by atoms with E-state index in [9.17, 15) is 19.7 Å². The Morgan fingerprint density at radius 3 is 3.00 bits per heavy atom.